The van der Waals surface area contributed by atoms with Crippen molar-refractivity contribution in [1.82, 2.24) is 9.97 Å². The number of rotatable bonds is 4. The maximum Gasteiger partial charge on any atom is 0.191 e. The number of aliphatic hydroxyl groups is 1. The molecule has 0 aliphatic rings. The van der Waals surface area contributed by atoms with Gasteiger partial charge in [0, 0.05) is 18.8 Å². The van der Waals surface area contributed by atoms with Gasteiger partial charge in [0.1, 0.15) is 12.4 Å². The molecule has 0 aliphatic heterocycles. The summed E-state index contributed by atoms with van der Waals surface area (Å²) in [4.78, 5) is 19.5. The molecule has 2 rings (SSSR count). The van der Waals surface area contributed by atoms with Crippen LogP contribution in [0.15, 0.2) is 36.7 Å². The van der Waals surface area contributed by atoms with Gasteiger partial charge in [-0.25, -0.2) is 9.97 Å². The van der Waals surface area contributed by atoms with E-state index in [1.54, 1.807) is 0 Å². The van der Waals surface area contributed by atoms with Crippen molar-refractivity contribution in [2.24, 2.45) is 0 Å². The molecule has 0 unspecified atom stereocenters. The van der Waals surface area contributed by atoms with Crippen molar-refractivity contribution in [2.45, 2.75) is 13.3 Å². The van der Waals surface area contributed by atoms with Crippen molar-refractivity contribution in [3.05, 3.63) is 59.2 Å². The molecule has 0 spiro atoms. The van der Waals surface area contributed by atoms with Gasteiger partial charge in [0.2, 0.25) is 0 Å². The van der Waals surface area contributed by atoms with E-state index in [1.807, 2.05) is 25.1 Å². The van der Waals surface area contributed by atoms with E-state index in [0.717, 1.165) is 5.56 Å². The topological polar surface area (TPSA) is 63.1 Å². The first kappa shape index (κ1) is 12.4. The normalized spacial score (nSPS) is 10.3. The van der Waals surface area contributed by atoms with Crippen molar-refractivity contribution in [3.63, 3.8) is 0 Å². The Morgan fingerprint density at radius 2 is 2.00 bits per heavy atom. The molecule has 0 saturated carbocycles. The highest BCUT2D eigenvalue weighted by molar-refractivity contribution is 5.96. The van der Waals surface area contributed by atoms with Crippen molar-refractivity contribution >= 4 is 5.78 Å². The molecule has 0 amide bonds. The second kappa shape index (κ2) is 5.51. The minimum absolute atomic E-state index is 0.338. The van der Waals surface area contributed by atoms with Crippen LogP contribution in [0.5, 0.6) is 0 Å². The molecule has 1 heterocycles. The third kappa shape index (κ3) is 2.99. The van der Waals surface area contributed by atoms with Gasteiger partial charge in [0.15, 0.2) is 5.78 Å². The lowest BCUT2D eigenvalue weighted by Crippen LogP contribution is -2.07. The van der Waals surface area contributed by atoms with Gasteiger partial charge in [-0.05, 0) is 12.5 Å². The van der Waals surface area contributed by atoms with Crippen molar-refractivity contribution in [2.75, 3.05) is 6.61 Å². The van der Waals surface area contributed by atoms with Gasteiger partial charge in [-0.2, -0.15) is 0 Å². The first-order valence-electron chi connectivity index (χ1n) is 5.69. The first-order chi connectivity index (χ1) is 8.69. The maximum absolute atomic E-state index is 11.2. The molecule has 0 saturated heterocycles. The third-order valence-electron chi connectivity index (χ3n) is 2.62. The smallest absolute Gasteiger partial charge is 0.191 e. The van der Waals surface area contributed by atoms with Gasteiger partial charge in [0.25, 0.3) is 0 Å². The maximum atomic E-state index is 11.2. The SMILES string of the molecule is Cc1cccc(Cc2ncc(C(=O)CO)cn2)c1. The summed E-state index contributed by atoms with van der Waals surface area (Å²) in [5.41, 5.74) is 2.67. The van der Waals surface area contributed by atoms with Crippen molar-refractivity contribution in [3.8, 4) is 0 Å². The summed E-state index contributed by atoms with van der Waals surface area (Å²) in [6, 6.07) is 8.13. The molecule has 0 bridgehead atoms. The molecular weight excluding hydrogens is 228 g/mol. The van der Waals surface area contributed by atoms with E-state index in [0.29, 0.717) is 17.8 Å². The number of nitrogens with zero attached hydrogens (tertiary/aromatic N) is 2. The zero-order valence-electron chi connectivity index (χ0n) is 10.1. The zero-order valence-corrected chi connectivity index (χ0v) is 10.1. The standard InChI is InChI=1S/C14H14N2O2/c1-10-3-2-4-11(5-10)6-14-15-7-12(8-16-14)13(18)9-17/h2-5,7-8,17H,6,9H2,1H3. The van der Waals surface area contributed by atoms with E-state index in [9.17, 15) is 4.79 Å². The molecule has 0 aliphatic carbocycles. The third-order valence-corrected chi connectivity index (χ3v) is 2.62. The lowest BCUT2D eigenvalue weighted by atomic mass is 10.1. The van der Waals surface area contributed by atoms with E-state index in [-0.39, 0.29) is 5.78 Å². The van der Waals surface area contributed by atoms with Crippen LogP contribution in [0.3, 0.4) is 0 Å². The van der Waals surface area contributed by atoms with Gasteiger partial charge in [0.05, 0.1) is 5.56 Å². The van der Waals surface area contributed by atoms with Crippen LogP contribution in [0.1, 0.15) is 27.3 Å². The predicted molar refractivity (Wildman–Crippen MR) is 67.4 cm³/mol. The number of benzene rings is 1. The summed E-state index contributed by atoms with van der Waals surface area (Å²) >= 11 is 0. The van der Waals surface area contributed by atoms with E-state index < -0.39 is 6.61 Å². The van der Waals surface area contributed by atoms with Crippen LogP contribution in [0.2, 0.25) is 0 Å². The average molecular weight is 242 g/mol. The van der Waals surface area contributed by atoms with Crippen LogP contribution in [0.25, 0.3) is 0 Å². The number of carbonyl (C=O) groups excluding carboxylic acids is 1. The Kier molecular flexibility index (Phi) is 3.79. The van der Waals surface area contributed by atoms with Crippen LogP contribution in [0.4, 0.5) is 0 Å². The molecule has 0 fully saturated rings. The van der Waals surface area contributed by atoms with Gasteiger partial charge in [-0.15, -0.1) is 0 Å². The first-order valence-corrected chi connectivity index (χ1v) is 5.69. The highest BCUT2D eigenvalue weighted by Crippen LogP contribution is 2.08. The Bertz CT molecular complexity index is 550. The summed E-state index contributed by atoms with van der Waals surface area (Å²) in [5.74, 6) is 0.298. The second-order valence-corrected chi connectivity index (χ2v) is 4.14. The minimum atomic E-state index is -0.513. The van der Waals surface area contributed by atoms with Crippen molar-refractivity contribution < 1.29 is 9.90 Å². The van der Waals surface area contributed by atoms with Gasteiger partial charge >= 0.3 is 0 Å². The number of aryl methyl sites for hydroxylation is 1. The lowest BCUT2D eigenvalue weighted by Gasteiger charge is -2.02. The number of aromatic nitrogens is 2. The number of aliphatic hydroxyl groups excluding tert-OH is 1. The molecule has 1 aromatic carbocycles. The fraction of sp³-hybridized carbons (Fsp3) is 0.214. The van der Waals surface area contributed by atoms with Crippen LogP contribution in [-0.4, -0.2) is 27.5 Å². The quantitative estimate of drug-likeness (QED) is 0.826. The Morgan fingerprint density at radius 3 is 2.61 bits per heavy atom. The molecular formula is C14H14N2O2. The summed E-state index contributed by atoms with van der Waals surface area (Å²) < 4.78 is 0. The van der Waals surface area contributed by atoms with Crippen LogP contribution in [-0.2, 0) is 6.42 Å². The second-order valence-electron chi connectivity index (χ2n) is 4.14. The molecule has 18 heavy (non-hydrogen) atoms. The highest BCUT2D eigenvalue weighted by atomic mass is 16.3. The van der Waals surface area contributed by atoms with E-state index in [2.05, 4.69) is 16.0 Å². The van der Waals surface area contributed by atoms with E-state index in [1.165, 1.54) is 18.0 Å². The van der Waals surface area contributed by atoms with Crippen molar-refractivity contribution in [1.29, 1.82) is 0 Å². The van der Waals surface area contributed by atoms with E-state index >= 15 is 0 Å². The molecule has 4 nitrogen and oxygen atoms in total. The summed E-state index contributed by atoms with van der Waals surface area (Å²) in [6.45, 7) is 1.52. The van der Waals surface area contributed by atoms with Gasteiger partial charge in [-0.3, -0.25) is 4.79 Å². The fourth-order valence-electron chi connectivity index (χ4n) is 1.69. The molecule has 1 aromatic heterocycles. The number of Topliss-reactive ketones (excluding diaryl/α,β-unsaturated/α-hetero) is 1. The predicted octanol–water partition coefficient (Wildman–Crippen LogP) is 1.55. The summed E-state index contributed by atoms with van der Waals surface area (Å²) in [6.07, 6.45) is 3.54. The monoisotopic (exact) mass is 242 g/mol. The van der Waals surface area contributed by atoms with Crippen LogP contribution >= 0.6 is 0 Å². The Morgan fingerprint density at radius 1 is 1.28 bits per heavy atom. The molecule has 92 valence electrons. The zero-order chi connectivity index (χ0) is 13.0. The van der Waals surface area contributed by atoms with Crippen LogP contribution in [0, 0.1) is 6.92 Å². The number of ketones is 1. The summed E-state index contributed by atoms with van der Waals surface area (Å²) in [5, 5.41) is 8.72. The van der Waals surface area contributed by atoms with Gasteiger partial charge in [-0.1, -0.05) is 29.8 Å². The van der Waals surface area contributed by atoms with Gasteiger partial charge < -0.3 is 5.11 Å². The molecule has 1 N–H and O–H groups in total. The molecule has 0 radical (unpaired) electrons. The minimum Gasteiger partial charge on any atom is -0.388 e. The van der Waals surface area contributed by atoms with Crippen LogP contribution < -0.4 is 0 Å². The Balaban J connectivity index is 2.13. The number of carbonyl (C=O) groups is 1. The summed E-state index contributed by atoms with van der Waals surface area (Å²) in [7, 11) is 0. The number of hydrogen-bond acceptors (Lipinski definition) is 4. The molecule has 2 aromatic rings. The largest absolute Gasteiger partial charge is 0.388 e. The fourth-order valence-corrected chi connectivity index (χ4v) is 1.69. The number of hydrogen-bond donors (Lipinski definition) is 1. The average Bonchev–Trinajstić information content (AvgIpc) is 2.39. The van der Waals surface area contributed by atoms with E-state index in [4.69, 9.17) is 5.11 Å². The highest BCUT2D eigenvalue weighted by Gasteiger charge is 2.06. The lowest BCUT2D eigenvalue weighted by molar-refractivity contribution is 0.0903. The Labute approximate surface area is 105 Å². The Hall–Kier alpha value is -2.07. The molecule has 4 heteroatoms. The molecule has 0 atom stereocenters.